The van der Waals surface area contributed by atoms with Crippen molar-refractivity contribution in [2.24, 2.45) is 11.5 Å². The van der Waals surface area contributed by atoms with Crippen molar-refractivity contribution in [2.75, 3.05) is 18.4 Å². The van der Waals surface area contributed by atoms with Gasteiger partial charge in [0.15, 0.2) is 21.9 Å². The molecule has 0 radical (unpaired) electrons. The van der Waals surface area contributed by atoms with Crippen LogP contribution in [0, 0.1) is 0 Å². The highest BCUT2D eigenvalue weighted by Crippen LogP contribution is 2.42. The van der Waals surface area contributed by atoms with E-state index in [1.54, 1.807) is 0 Å². The van der Waals surface area contributed by atoms with E-state index >= 15 is 0 Å². The van der Waals surface area contributed by atoms with Crippen molar-refractivity contribution in [1.82, 2.24) is 9.88 Å². The van der Waals surface area contributed by atoms with Crippen molar-refractivity contribution >= 4 is 21.6 Å². The van der Waals surface area contributed by atoms with E-state index in [9.17, 15) is 39.6 Å². The number of fused-ring (bicyclic) bond motifs is 1. The summed E-state index contributed by atoms with van der Waals surface area (Å²) in [7, 11) is -3.00. The molecule has 0 amide bonds. The first-order valence-corrected chi connectivity index (χ1v) is 11.1. The molecule has 4 N–H and O–H groups in total. The Morgan fingerprint density at radius 1 is 1.12 bits per heavy atom. The molecule has 1 aromatic carbocycles. The summed E-state index contributed by atoms with van der Waals surface area (Å²) in [5.74, 6) is -3.35. The third kappa shape index (κ3) is 4.66. The number of rotatable bonds is 3. The number of hydrogen-bond donors (Lipinski definition) is 2. The largest absolute Gasteiger partial charge is 0.493 e. The van der Waals surface area contributed by atoms with Crippen LogP contribution in [-0.2, 0) is 25.6 Å². The molecule has 0 fully saturated rings. The molecule has 9 nitrogen and oxygen atoms in total. The number of aromatic nitrogens is 1. The predicted octanol–water partition coefficient (Wildman–Crippen LogP) is 2.14. The van der Waals surface area contributed by atoms with E-state index in [1.165, 1.54) is 13.1 Å². The molecular formula is C18H17F6N5O4S. The number of nitrogens with two attached hydrogens (primary N) is 2. The van der Waals surface area contributed by atoms with E-state index in [-0.39, 0.29) is 10.6 Å². The average molecular weight is 513 g/mol. The lowest BCUT2D eigenvalue weighted by Gasteiger charge is -2.42. The lowest BCUT2D eigenvalue weighted by molar-refractivity contribution is -0.204. The molecule has 186 valence electrons. The Hall–Kier alpha value is -2.95. The third-order valence-corrected chi connectivity index (χ3v) is 6.03. The number of anilines is 1. The third-order valence-electron chi connectivity index (χ3n) is 4.92. The molecule has 1 aromatic heterocycles. The fourth-order valence-corrected chi connectivity index (χ4v) is 4.07. The Labute approximate surface area is 188 Å². The van der Waals surface area contributed by atoms with Crippen LogP contribution in [0.2, 0.25) is 0 Å². The molecule has 0 saturated heterocycles. The highest BCUT2D eigenvalue weighted by atomic mass is 32.2. The standard InChI is InChI=1S/C18H17F6N5O4S/c1-28-13(25)9-7-11(34(2,31)32)12(8-5-3-4-6-10(8)17(19,20)21)27-14(9)29(16(28)26)33-15(30)18(22,23)24/h3-7,13,16H,25-26H2,1-2H3. The number of pyridine rings is 1. The van der Waals surface area contributed by atoms with Gasteiger partial charge < -0.3 is 10.6 Å². The predicted molar refractivity (Wildman–Crippen MR) is 105 cm³/mol. The second-order valence-corrected chi connectivity index (χ2v) is 9.27. The van der Waals surface area contributed by atoms with E-state index in [0.717, 1.165) is 23.1 Å². The summed E-state index contributed by atoms with van der Waals surface area (Å²) in [6, 6.07) is 4.72. The van der Waals surface area contributed by atoms with E-state index in [1.807, 2.05) is 0 Å². The Bertz CT molecular complexity index is 1230. The summed E-state index contributed by atoms with van der Waals surface area (Å²) in [4.78, 5) is 20.1. The number of sulfone groups is 1. The first kappa shape index (κ1) is 25.7. The van der Waals surface area contributed by atoms with E-state index in [0.29, 0.717) is 12.3 Å². The average Bonchev–Trinajstić information content (AvgIpc) is 2.72. The van der Waals surface area contributed by atoms with Gasteiger partial charge in [-0.2, -0.15) is 31.4 Å². The minimum atomic E-state index is -5.45. The molecule has 1 aliphatic rings. The zero-order valence-electron chi connectivity index (χ0n) is 17.3. The highest BCUT2D eigenvalue weighted by molar-refractivity contribution is 7.90. The fourth-order valence-electron chi connectivity index (χ4n) is 3.22. The fraction of sp³-hybridized carbons (Fsp3) is 0.333. The number of carbonyl (C=O) groups is 1. The molecule has 0 bridgehead atoms. The Balaban J connectivity index is 2.36. The van der Waals surface area contributed by atoms with Crippen molar-refractivity contribution in [3.05, 3.63) is 41.5 Å². The summed E-state index contributed by atoms with van der Waals surface area (Å²) in [6.45, 7) is 0. The number of hydrogen-bond acceptors (Lipinski definition) is 9. The van der Waals surface area contributed by atoms with Gasteiger partial charge in [-0.1, -0.05) is 18.2 Å². The molecule has 2 atom stereocenters. The van der Waals surface area contributed by atoms with Crippen molar-refractivity contribution in [3.8, 4) is 11.3 Å². The lowest BCUT2D eigenvalue weighted by Crippen LogP contribution is -2.60. The summed E-state index contributed by atoms with van der Waals surface area (Å²) in [5, 5.41) is 0.209. The van der Waals surface area contributed by atoms with Crippen LogP contribution < -0.4 is 16.5 Å². The maximum atomic E-state index is 13.6. The molecular weight excluding hydrogens is 496 g/mol. The van der Waals surface area contributed by atoms with Crippen molar-refractivity contribution < 1.29 is 44.4 Å². The monoisotopic (exact) mass is 513 g/mol. The molecule has 34 heavy (non-hydrogen) atoms. The maximum Gasteiger partial charge on any atom is 0.493 e. The summed E-state index contributed by atoms with van der Waals surface area (Å²) >= 11 is 0. The number of nitrogens with zero attached hydrogens (tertiary/aromatic N) is 3. The lowest BCUT2D eigenvalue weighted by atomic mass is 10.0. The minimum absolute atomic E-state index is 0.209. The quantitative estimate of drug-likeness (QED) is 0.593. The topological polar surface area (TPSA) is 132 Å². The van der Waals surface area contributed by atoms with E-state index in [4.69, 9.17) is 11.5 Å². The molecule has 0 spiro atoms. The molecule has 0 aliphatic carbocycles. The maximum absolute atomic E-state index is 13.6. The van der Waals surface area contributed by atoms with Crippen LogP contribution in [-0.4, -0.2) is 50.0 Å². The highest BCUT2D eigenvalue weighted by Gasteiger charge is 2.46. The second kappa shape index (κ2) is 8.37. The van der Waals surface area contributed by atoms with Gasteiger partial charge in [0.25, 0.3) is 0 Å². The number of halogens is 6. The summed E-state index contributed by atoms with van der Waals surface area (Å²) in [5.41, 5.74) is 8.88. The summed E-state index contributed by atoms with van der Waals surface area (Å²) in [6.07, 6.45) is -12.6. The molecule has 1 aliphatic heterocycles. The zero-order valence-corrected chi connectivity index (χ0v) is 18.2. The normalized spacial score (nSPS) is 19.6. The zero-order chi connectivity index (χ0) is 25.8. The van der Waals surface area contributed by atoms with Gasteiger partial charge in [0.05, 0.1) is 22.3 Å². The van der Waals surface area contributed by atoms with E-state index in [2.05, 4.69) is 9.82 Å². The van der Waals surface area contributed by atoms with Gasteiger partial charge in [0.2, 0.25) is 0 Å². The molecule has 2 unspecified atom stereocenters. The Morgan fingerprint density at radius 2 is 1.71 bits per heavy atom. The molecule has 2 aromatic rings. The van der Waals surface area contributed by atoms with Crippen LogP contribution in [0.4, 0.5) is 32.2 Å². The number of alkyl halides is 6. The van der Waals surface area contributed by atoms with Crippen LogP contribution in [0.5, 0.6) is 0 Å². The van der Waals surface area contributed by atoms with Crippen molar-refractivity contribution in [1.29, 1.82) is 0 Å². The van der Waals surface area contributed by atoms with Crippen LogP contribution in [0.3, 0.4) is 0 Å². The second-order valence-electron chi connectivity index (χ2n) is 7.29. The first-order chi connectivity index (χ1) is 15.4. The van der Waals surface area contributed by atoms with Crippen molar-refractivity contribution in [2.45, 2.75) is 29.7 Å². The molecule has 0 saturated carbocycles. The van der Waals surface area contributed by atoms with Gasteiger partial charge >= 0.3 is 18.3 Å². The van der Waals surface area contributed by atoms with Gasteiger partial charge in [-0.25, -0.2) is 18.2 Å². The molecule has 2 heterocycles. The van der Waals surface area contributed by atoms with Crippen LogP contribution >= 0.6 is 0 Å². The summed E-state index contributed by atoms with van der Waals surface area (Å²) < 4.78 is 104. The Morgan fingerprint density at radius 3 is 2.24 bits per heavy atom. The van der Waals surface area contributed by atoms with Gasteiger partial charge in [0, 0.05) is 17.4 Å². The number of benzene rings is 1. The minimum Gasteiger partial charge on any atom is -0.328 e. The van der Waals surface area contributed by atoms with Crippen LogP contribution in [0.15, 0.2) is 35.2 Å². The Kier molecular flexibility index (Phi) is 6.32. The van der Waals surface area contributed by atoms with Crippen molar-refractivity contribution in [3.63, 3.8) is 0 Å². The number of carbonyl (C=O) groups excluding carboxylic acids is 1. The SMILES string of the molecule is CN1C(N)c2cc(S(C)(=O)=O)c(-c3ccccc3C(F)(F)F)nc2N(OC(=O)C(F)(F)F)C1N. The van der Waals surface area contributed by atoms with E-state index < -0.39 is 68.1 Å². The number of hydroxylamine groups is 1. The van der Waals surface area contributed by atoms with Gasteiger partial charge in [-0.05, 0) is 19.2 Å². The smallest absolute Gasteiger partial charge is 0.328 e. The van der Waals surface area contributed by atoms with Gasteiger partial charge in [0.1, 0.15) is 0 Å². The molecule has 16 heteroatoms. The van der Waals surface area contributed by atoms with Crippen LogP contribution in [0.1, 0.15) is 17.3 Å². The van der Waals surface area contributed by atoms with Gasteiger partial charge in [-0.3, -0.25) is 10.6 Å². The first-order valence-electron chi connectivity index (χ1n) is 9.17. The van der Waals surface area contributed by atoms with Gasteiger partial charge in [-0.15, -0.1) is 0 Å². The van der Waals surface area contributed by atoms with Crippen LogP contribution in [0.25, 0.3) is 11.3 Å². The molecule has 3 rings (SSSR count).